The Bertz CT molecular complexity index is 96.3. The second-order valence-electron chi connectivity index (χ2n) is 1.99. The van der Waals surface area contributed by atoms with E-state index in [0.717, 1.165) is 12.1 Å². The molecule has 1 unspecified atom stereocenters. The SMILES string of the molecule is CC1CC(N)=CN1. The van der Waals surface area contributed by atoms with E-state index in [0.29, 0.717) is 6.04 Å². The van der Waals surface area contributed by atoms with Crippen LogP contribution >= 0.6 is 0 Å². The van der Waals surface area contributed by atoms with Crippen LogP contribution in [-0.4, -0.2) is 6.04 Å². The minimum absolute atomic E-state index is 0.556. The third kappa shape index (κ3) is 0.856. The first-order valence-electron chi connectivity index (χ1n) is 2.49. The zero-order valence-electron chi connectivity index (χ0n) is 4.44. The van der Waals surface area contributed by atoms with Gasteiger partial charge in [0, 0.05) is 24.4 Å². The van der Waals surface area contributed by atoms with E-state index in [1.165, 1.54) is 0 Å². The summed E-state index contributed by atoms with van der Waals surface area (Å²) in [6.07, 6.45) is 2.87. The van der Waals surface area contributed by atoms with Crippen LogP contribution in [-0.2, 0) is 0 Å². The van der Waals surface area contributed by atoms with Crippen molar-refractivity contribution in [3.8, 4) is 0 Å². The summed E-state index contributed by atoms with van der Waals surface area (Å²) >= 11 is 0. The molecule has 2 heteroatoms. The molecular formula is C5H10N2. The van der Waals surface area contributed by atoms with Gasteiger partial charge in [-0.3, -0.25) is 0 Å². The van der Waals surface area contributed by atoms with Crippen LogP contribution in [0.5, 0.6) is 0 Å². The van der Waals surface area contributed by atoms with Gasteiger partial charge in [0.15, 0.2) is 0 Å². The van der Waals surface area contributed by atoms with Gasteiger partial charge in [-0.05, 0) is 6.92 Å². The third-order valence-corrected chi connectivity index (χ3v) is 1.10. The number of hydrogen-bond donors (Lipinski definition) is 2. The highest BCUT2D eigenvalue weighted by Gasteiger charge is 2.05. The van der Waals surface area contributed by atoms with Crippen molar-refractivity contribution in [2.45, 2.75) is 19.4 Å². The van der Waals surface area contributed by atoms with Gasteiger partial charge in [-0.1, -0.05) is 0 Å². The molecule has 0 bridgehead atoms. The Morgan fingerprint density at radius 2 is 2.71 bits per heavy atom. The average molecular weight is 98.1 g/mol. The molecule has 1 atom stereocenters. The lowest BCUT2D eigenvalue weighted by Gasteiger charge is -1.98. The molecule has 0 saturated heterocycles. The smallest absolute Gasteiger partial charge is 0.0283 e. The van der Waals surface area contributed by atoms with Crippen LogP contribution in [0.25, 0.3) is 0 Å². The molecule has 0 spiro atoms. The fourth-order valence-corrected chi connectivity index (χ4v) is 0.721. The summed E-state index contributed by atoms with van der Waals surface area (Å²) in [5, 5.41) is 3.08. The van der Waals surface area contributed by atoms with E-state index in [9.17, 15) is 0 Å². The lowest BCUT2D eigenvalue weighted by molar-refractivity contribution is 0.681. The second-order valence-corrected chi connectivity index (χ2v) is 1.99. The summed E-state index contributed by atoms with van der Waals surface area (Å²) in [4.78, 5) is 0. The Morgan fingerprint density at radius 1 is 2.00 bits per heavy atom. The molecule has 2 nitrogen and oxygen atoms in total. The first-order valence-corrected chi connectivity index (χ1v) is 2.49. The van der Waals surface area contributed by atoms with Gasteiger partial charge < -0.3 is 11.1 Å². The molecule has 0 fully saturated rings. The van der Waals surface area contributed by atoms with E-state index in [1.807, 2.05) is 6.20 Å². The van der Waals surface area contributed by atoms with Crippen molar-refractivity contribution in [2.24, 2.45) is 5.73 Å². The molecule has 0 saturated carbocycles. The highest BCUT2D eigenvalue weighted by molar-refractivity contribution is 5.04. The van der Waals surface area contributed by atoms with E-state index >= 15 is 0 Å². The first kappa shape index (κ1) is 4.50. The fraction of sp³-hybridized carbons (Fsp3) is 0.600. The van der Waals surface area contributed by atoms with Crippen molar-refractivity contribution in [1.82, 2.24) is 5.32 Å². The molecule has 0 radical (unpaired) electrons. The highest BCUT2D eigenvalue weighted by atomic mass is 14.9. The molecule has 0 aromatic heterocycles. The van der Waals surface area contributed by atoms with E-state index in [4.69, 9.17) is 5.73 Å². The predicted molar refractivity (Wildman–Crippen MR) is 29.5 cm³/mol. The molecule has 1 heterocycles. The fourth-order valence-electron chi connectivity index (χ4n) is 0.721. The van der Waals surface area contributed by atoms with Crippen molar-refractivity contribution < 1.29 is 0 Å². The maximum Gasteiger partial charge on any atom is 0.0283 e. The standard InChI is InChI=1S/C5H10N2/c1-4-2-5(6)3-7-4/h3-4,7H,2,6H2,1H3. The lowest BCUT2D eigenvalue weighted by atomic mass is 10.2. The largest absolute Gasteiger partial charge is 0.401 e. The Hall–Kier alpha value is -0.660. The summed E-state index contributed by atoms with van der Waals surface area (Å²) in [5.74, 6) is 0. The number of nitrogens with one attached hydrogen (secondary N) is 1. The molecule has 7 heavy (non-hydrogen) atoms. The summed E-state index contributed by atoms with van der Waals surface area (Å²) < 4.78 is 0. The molecule has 0 aliphatic carbocycles. The molecule has 1 rings (SSSR count). The predicted octanol–water partition coefficient (Wildman–Crippen LogP) is 0.168. The van der Waals surface area contributed by atoms with Crippen molar-refractivity contribution in [3.05, 3.63) is 11.9 Å². The maximum absolute atomic E-state index is 5.42. The third-order valence-electron chi connectivity index (χ3n) is 1.10. The van der Waals surface area contributed by atoms with Gasteiger partial charge in [-0.2, -0.15) is 0 Å². The van der Waals surface area contributed by atoms with Crippen molar-refractivity contribution in [1.29, 1.82) is 0 Å². The van der Waals surface area contributed by atoms with Crippen molar-refractivity contribution in [3.63, 3.8) is 0 Å². The Kier molecular flexibility index (Phi) is 0.929. The van der Waals surface area contributed by atoms with E-state index in [2.05, 4.69) is 12.2 Å². The van der Waals surface area contributed by atoms with Crippen LogP contribution in [0.2, 0.25) is 0 Å². The van der Waals surface area contributed by atoms with Gasteiger partial charge in [0.1, 0.15) is 0 Å². The van der Waals surface area contributed by atoms with Gasteiger partial charge in [0.2, 0.25) is 0 Å². The summed E-state index contributed by atoms with van der Waals surface area (Å²) in [6.45, 7) is 2.11. The topological polar surface area (TPSA) is 38.0 Å². The van der Waals surface area contributed by atoms with E-state index in [-0.39, 0.29) is 0 Å². The number of nitrogens with two attached hydrogens (primary N) is 1. The monoisotopic (exact) mass is 98.1 g/mol. The van der Waals surface area contributed by atoms with Crippen LogP contribution in [0, 0.1) is 0 Å². The normalized spacial score (nSPS) is 29.3. The molecule has 1 aliphatic rings. The van der Waals surface area contributed by atoms with Crippen LogP contribution in [0.4, 0.5) is 0 Å². The molecule has 0 aromatic rings. The van der Waals surface area contributed by atoms with Crippen LogP contribution in [0.1, 0.15) is 13.3 Å². The van der Waals surface area contributed by atoms with Gasteiger partial charge >= 0.3 is 0 Å². The zero-order chi connectivity index (χ0) is 5.28. The summed E-state index contributed by atoms with van der Waals surface area (Å²) in [5.41, 5.74) is 6.39. The first-order chi connectivity index (χ1) is 3.29. The Balaban J connectivity index is 2.42. The van der Waals surface area contributed by atoms with Crippen LogP contribution < -0.4 is 11.1 Å². The van der Waals surface area contributed by atoms with Gasteiger partial charge in [-0.25, -0.2) is 0 Å². The maximum atomic E-state index is 5.42. The molecule has 40 valence electrons. The van der Waals surface area contributed by atoms with E-state index in [1.54, 1.807) is 0 Å². The lowest BCUT2D eigenvalue weighted by Crippen LogP contribution is -2.13. The molecule has 1 aliphatic heterocycles. The Labute approximate surface area is 43.4 Å². The number of hydrogen-bond acceptors (Lipinski definition) is 2. The zero-order valence-corrected chi connectivity index (χ0v) is 4.44. The molecule has 3 N–H and O–H groups in total. The van der Waals surface area contributed by atoms with Crippen molar-refractivity contribution >= 4 is 0 Å². The number of rotatable bonds is 0. The van der Waals surface area contributed by atoms with Crippen LogP contribution in [0.3, 0.4) is 0 Å². The quantitative estimate of drug-likeness (QED) is 0.453. The minimum Gasteiger partial charge on any atom is -0.401 e. The van der Waals surface area contributed by atoms with Gasteiger partial charge in [0.05, 0.1) is 0 Å². The summed E-state index contributed by atoms with van der Waals surface area (Å²) in [6, 6.07) is 0.556. The van der Waals surface area contributed by atoms with Gasteiger partial charge in [0.25, 0.3) is 0 Å². The average Bonchev–Trinajstić information content (AvgIpc) is 1.87. The molecule has 0 amide bonds. The summed E-state index contributed by atoms with van der Waals surface area (Å²) in [7, 11) is 0. The molecule has 0 aromatic carbocycles. The van der Waals surface area contributed by atoms with Gasteiger partial charge in [-0.15, -0.1) is 0 Å². The molecular weight excluding hydrogens is 88.1 g/mol. The van der Waals surface area contributed by atoms with Crippen LogP contribution in [0.15, 0.2) is 11.9 Å². The second kappa shape index (κ2) is 1.45. The Morgan fingerprint density at radius 3 is 2.86 bits per heavy atom. The minimum atomic E-state index is 0.556. The van der Waals surface area contributed by atoms with E-state index < -0.39 is 0 Å². The highest BCUT2D eigenvalue weighted by Crippen LogP contribution is 2.03. The van der Waals surface area contributed by atoms with Crippen molar-refractivity contribution in [2.75, 3.05) is 0 Å².